The van der Waals surface area contributed by atoms with Gasteiger partial charge in [-0.3, -0.25) is 0 Å². The largest absolute Gasteiger partial charge is 0.311 e. The first-order chi connectivity index (χ1) is 8.70. The van der Waals surface area contributed by atoms with Gasteiger partial charge < -0.3 is 5.32 Å². The predicted octanol–water partition coefficient (Wildman–Crippen LogP) is 3.39. The Bertz CT molecular complexity index is 412. The van der Waals surface area contributed by atoms with E-state index in [-0.39, 0.29) is 5.41 Å². The van der Waals surface area contributed by atoms with E-state index in [9.17, 15) is 5.26 Å². The van der Waals surface area contributed by atoms with Crippen molar-refractivity contribution in [3.63, 3.8) is 0 Å². The molecule has 0 aromatic heterocycles. The van der Waals surface area contributed by atoms with Crippen LogP contribution in [0.3, 0.4) is 0 Å². The van der Waals surface area contributed by atoms with Crippen molar-refractivity contribution in [3.05, 3.63) is 35.9 Å². The van der Waals surface area contributed by atoms with E-state index in [1.807, 2.05) is 18.2 Å². The number of nitrogens with one attached hydrogen (secondary N) is 1. The third-order valence-electron chi connectivity index (χ3n) is 3.97. The van der Waals surface area contributed by atoms with Crippen molar-refractivity contribution in [2.75, 3.05) is 0 Å². The second kappa shape index (κ2) is 5.54. The van der Waals surface area contributed by atoms with E-state index in [0.29, 0.717) is 12.1 Å². The van der Waals surface area contributed by atoms with E-state index in [2.05, 4.69) is 37.4 Å². The van der Waals surface area contributed by atoms with Crippen LogP contribution in [0.5, 0.6) is 0 Å². The summed E-state index contributed by atoms with van der Waals surface area (Å²) in [6.45, 7) is 4.45. The Balaban J connectivity index is 1.95. The molecule has 1 aliphatic carbocycles. The molecule has 1 aromatic rings. The van der Waals surface area contributed by atoms with Crippen LogP contribution in [0.15, 0.2) is 30.3 Å². The number of hydrogen-bond acceptors (Lipinski definition) is 2. The molecule has 0 aliphatic heterocycles. The molecule has 2 rings (SSSR count). The van der Waals surface area contributed by atoms with Crippen LogP contribution < -0.4 is 5.32 Å². The summed E-state index contributed by atoms with van der Waals surface area (Å²) in [5.41, 5.74) is 0.930. The molecule has 0 amide bonds. The standard InChI is InChI=1S/C16H22N2/c1-3-7-13(2)18-15-10-16(11-15,12-17)14-8-5-4-6-9-14/h4-6,8-9,13,15,18H,3,7,10-11H2,1-2H3. The maximum Gasteiger partial charge on any atom is 0.0852 e. The first kappa shape index (κ1) is 13.1. The maximum absolute atomic E-state index is 9.47. The zero-order valence-electron chi connectivity index (χ0n) is 11.3. The van der Waals surface area contributed by atoms with Crippen LogP contribution in [-0.4, -0.2) is 12.1 Å². The lowest BCUT2D eigenvalue weighted by Crippen LogP contribution is -2.53. The van der Waals surface area contributed by atoms with Gasteiger partial charge in [0, 0.05) is 12.1 Å². The summed E-state index contributed by atoms with van der Waals surface area (Å²) in [5.74, 6) is 0. The zero-order valence-corrected chi connectivity index (χ0v) is 11.3. The van der Waals surface area contributed by atoms with E-state index in [1.54, 1.807) is 0 Å². The van der Waals surface area contributed by atoms with E-state index < -0.39 is 0 Å². The van der Waals surface area contributed by atoms with E-state index >= 15 is 0 Å². The van der Waals surface area contributed by atoms with Crippen molar-refractivity contribution in [1.82, 2.24) is 5.32 Å². The first-order valence-electron chi connectivity index (χ1n) is 6.93. The van der Waals surface area contributed by atoms with Crippen LogP contribution in [0.1, 0.15) is 45.1 Å². The van der Waals surface area contributed by atoms with Crippen LogP contribution in [0.25, 0.3) is 0 Å². The highest BCUT2D eigenvalue weighted by molar-refractivity contribution is 5.36. The third kappa shape index (κ3) is 2.57. The number of nitriles is 1. The average Bonchev–Trinajstić information content (AvgIpc) is 2.35. The molecule has 0 bridgehead atoms. The van der Waals surface area contributed by atoms with Crippen LogP contribution in [-0.2, 0) is 5.41 Å². The van der Waals surface area contributed by atoms with Crippen LogP contribution in [0.4, 0.5) is 0 Å². The van der Waals surface area contributed by atoms with Gasteiger partial charge in [0.1, 0.15) is 0 Å². The van der Waals surface area contributed by atoms with Crippen molar-refractivity contribution in [2.45, 2.75) is 57.0 Å². The summed E-state index contributed by atoms with van der Waals surface area (Å²) in [6.07, 6.45) is 4.31. The lowest BCUT2D eigenvalue weighted by atomic mass is 9.62. The summed E-state index contributed by atoms with van der Waals surface area (Å²) in [5, 5.41) is 13.1. The van der Waals surface area contributed by atoms with Crippen molar-refractivity contribution in [3.8, 4) is 6.07 Å². The number of benzene rings is 1. The molecule has 2 heteroatoms. The van der Waals surface area contributed by atoms with Crippen LogP contribution in [0.2, 0.25) is 0 Å². The van der Waals surface area contributed by atoms with Gasteiger partial charge in [-0.05, 0) is 31.7 Å². The fourth-order valence-electron chi connectivity index (χ4n) is 2.97. The molecule has 1 atom stereocenters. The van der Waals surface area contributed by atoms with E-state index in [4.69, 9.17) is 0 Å². The molecule has 0 saturated heterocycles. The normalized spacial score (nSPS) is 28.2. The fraction of sp³-hybridized carbons (Fsp3) is 0.562. The number of nitrogens with zero attached hydrogens (tertiary/aromatic N) is 1. The topological polar surface area (TPSA) is 35.8 Å². The van der Waals surface area contributed by atoms with Gasteiger partial charge in [0.15, 0.2) is 0 Å². The highest BCUT2D eigenvalue weighted by Crippen LogP contribution is 2.43. The predicted molar refractivity (Wildman–Crippen MR) is 74.3 cm³/mol. The summed E-state index contributed by atoms with van der Waals surface area (Å²) in [4.78, 5) is 0. The number of hydrogen-bond donors (Lipinski definition) is 1. The van der Waals surface area contributed by atoms with Gasteiger partial charge in [0.05, 0.1) is 11.5 Å². The Morgan fingerprint density at radius 1 is 1.39 bits per heavy atom. The lowest BCUT2D eigenvalue weighted by Gasteiger charge is -2.44. The molecule has 0 radical (unpaired) electrons. The average molecular weight is 242 g/mol. The highest BCUT2D eigenvalue weighted by atomic mass is 15.0. The molecule has 0 spiro atoms. The molecule has 18 heavy (non-hydrogen) atoms. The molecular weight excluding hydrogens is 220 g/mol. The van der Waals surface area contributed by atoms with Gasteiger partial charge >= 0.3 is 0 Å². The van der Waals surface area contributed by atoms with Gasteiger partial charge in [0.2, 0.25) is 0 Å². The Morgan fingerprint density at radius 2 is 2.06 bits per heavy atom. The third-order valence-corrected chi connectivity index (χ3v) is 3.97. The van der Waals surface area contributed by atoms with Gasteiger partial charge in [0.25, 0.3) is 0 Å². The summed E-state index contributed by atoms with van der Waals surface area (Å²) >= 11 is 0. The van der Waals surface area contributed by atoms with Gasteiger partial charge in [-0.2, -0.15) is 5.26 Å². The zero-order chi connectivity index (χ0) is 13.0. The smallest absolute Gasteiger partial charge is 0.0852 e. The Kier molecular flexibility index (Phi) is 4.04. The summed E-state index contributed by atoms with van der Waals surface area (Å²) in [6, 6.07) is 13.8. The fourth-order valence-corrected chi connectivity index (χ4v) is 2.97. The minimum atomic E-state index is -0.245. The van der Waals surface area contributed by atoms with Gasteiger partial charge in [-0.25, -0.2) is 0 Å². The molecule has 2 nitrogen and oxygen atoms in total. The monoisotopic (exact) mass is 242 g/mol. The Hall–Kier alpha value is -1.33. The molecular formula is C16H22N2. The molecule has 1 unspecified atom stereocenters. The molecule has 1 aromatic carbocycles. The second-order valence-corrected chi connectivity index (χ2v) is 5.52. The van der Waals surface area contributed by atoms with Crippen molar-refractivity contribution in [1.29, 1.82) is 5.26 Å². The minimum Gasteiger partial charge on any atom is -0.311 e. The summed E-state index contributed by atoms with van der Waals surface area (Å²) in [7, 11) is 0. The van der Waals surface area contributed by atoms with E-state index in [0.717, 1.165) is 12.8 Å². The molecule has 0 heterocycles. The Morgan fingerprint density at radius 3 is 2.61 bits per heavy atom. The van der Waals surface area contributed by atoms with Gasteiger partial charge in [-0.1, -0.05) is 43.7 Å². The summed E-state index contributed by atoms with van der Waals surface area (Å²) < 4.78 is 0. The van der Waals surface area contributed by atoms with Gasteiger partial charge in [-0.15, -0.1) is 0 Å². The molecule has 1 saturated carbocycles. The van der Waals surface area contributed by atoms with Crippen LogP contribution >= 0.6 is 0 Å². The Labute approximate surface area is 110 Å². The lowest BCUT2D eigenvalue weighted by molar-refractivity contribution is 0.209. The van der Waals surface area contributed by atoms with Crippen molar-refractivity contribution >= 4 is 0 Å². The second-order valence-electron chi connectivity index (χ2n) is 5.52. The molecule has 1 fully saturated rings. The van der Waals surface area contributed by atoms with E-state index in [1.165, 1.54) is 18.4 Å². The minimum absolute atomic E-state index is 0.245. The maximum atomic E-state index is 9.47. The SMILES string of the molecule is CCCC(C)NC1CC(C#N)(c2ccccc2)C1. The molecule has 96 valence electrons. The first-order valence-corrected chi connectivity index (χ1v) is 6.93. The highest BCUT2D eigenvalue weighted by Gasteiger charge is 2.46. The van der Waals surface area contributed by atoms with Crippen LogP contribution in [0, 0.1) is 11.3 Å². The number of rotatable bonds is 5. The quantitative estimate of drug-likeness (QED) is 0.859. The van der Waals surface area contributed by atoms with Crippen molar-refractivity contribution < 1.29 is 0 Å². The molecule has 1 aliphatic rings. The molecule has 1 N–H and O–H groups in total. The van der Waals surface area contributed by atoms with Crippen molar-refractivity contribution in [2.24, 2.45) is 0 Å².